The lowest BCUT2D eigenvalue weighted by atomic mass is 10.1. The molecule has 0 aromatic carbocycles. The summed E-state index contributed by atoms with van der Waals surface area (Å²) in [7, 11) is 0. The normalized spacial score (nSPS) is 13.2. The van der Waals surface area contributed by atoms with Gasteiger partial charge in [0.05, 0.1) is 35.8 Å². The molecule has 0 radical (unpaired) electrons. The zero-order valence-corrected chi connectivity index (χ0v) is 16.6. The number of carbonyl (C=O) groups excluding carboxylic acids is 1. The highest BCUT2D eigenvalue weighted by Crippen LogP contribution is 2.24. The topological polar surface area (TPSA) is 80.2 Å². The Kier molecular flexibility index (Phi) is 5.84. The number of hydrogen-bond acceptors (Lipinski definition) is 6. The van der Waals surface area contributed by atoms with Gasteiger partial charge < -0.3 is 15.0 Å². The van der Waals surface area contributed by atoms with Crippen LogP contribution in [0, 0.1) is 0 Å². The van der Waals surface area contributed by atoms with Crippen LogP contribution in [0.25, 0.3) is 22.3 Å². The van der Waals surface area contributed by atoms with Crippen molar-refractivity contribution < 1.29 is 9.53 Å². The quantitative estimate of drug-likeness (QED) is 0.615. The van der Waals surface area contributed by atoms with Gasteiger partial charge in [0.15, 0.2) is 0 Å². The van der Waals surface area contributed by atoms with Crippen LogP contribution in [0.1, 0.15) is 31.9 Å². The van der Waals surface area contributed by atoms with E-state index in [4.69, 9.17) is 14.7 Å². The third-order valence-electron chi connectivity index (χ3n) is 4.95. The summed E-state index contributed by atoms with van der Waals surface area (Å²) in [6, 6.07) is 11.9. The number of nitrogens with zero attached hydrogens (tertiary/aromatic N) is 4. The zero-order chi connectivity index (χ0) is 20.1. The first-order chi connectivity index (χ1) is 14.2. The van der Waals surface area contributed by atoms with Crippen LogP contribution in [0.5, 0.6) is 0 Å². The minimum Gasteiger partial charge on any atom is -0.450 e. The molecule has 4 heterocycles. The molecule has 7 nitrogen and oxygen atoms in total. The SMILES string of the molecule is CCCCOC(=O)NCc1cc2nc(-c3cccc(N4CCC4)n3)ccc2cn1. The second-order valence-corrected chi connectivity index (χ2v) is 7.13. The van der Waals surface area contributed by atoms with E-state index in [1.54, 1.807) is 6.20 Å². The molecule has 1 aliphatic heterocycles. The molecule has 0 spiro atoms. The first-order valence-corrected chi connectivity index (χ1v) is 10.1. The highest BCUT2D eigenvalue weighted by molar-refractivity contribution is 5.80. The summed E-state index contributed by atoms with van der Waals surface area (Å²) in [5, 5.41) is 3.68. The van der Waals surface area contributed by atoms with E-state index in [9.17, 15) is 4.79 Å². The zero-order valence-electron chi connectivity index (χ0n) is 16.6. The van der Waals surface area contributed by atoms with E-state index < -0.39 is 6.09 Å². The van der Waals surface area contributed by atoms with Crippen molar-refractivity contribution in [1.82, 2.24) is 20.3 Å². The number of ether oxygens (including phenoxy) is 1. The Balaban J connectivity index is 1.49. The van der Waals surface area contributed by atoms with E-state index in [1.807, 2.05) is 36.4 Å². The Morgan fingerprint density at radius 1 is 1.17 bits per heavy atom. The second-order valence-electron chi connectivity index (χ2n) is 7.13. The van der Waals surface area contributed by atoms with E-state index in [0.29, 0.717) is 13.2 Å². The summed E-state index contributed by atoms with van der Waals surface area (Å²) >= 11 is 0. The number of pyridine rings is 3. The van der Waals surface area contributed by atoms with Gasteiger partial charge >= 0.3 is 6.09 Å². The summed E-state index contributed by atoms with van der Waals surface area (Å²) in [4.78, 5) is 27.9. The van der Waals surface area contributed by atoms with Crippen molar-refractivity contribution in [2.75, 3.05) is 24.6 Å². The number of carbonyl (C=O) groups is 1. The lowest BCUT2D eigenvalue weighted by molar-refractivity contribution is 0.144. The van der Waals surface area contributed by atoms with Crippen LogP contribution < -0.4 is 10.2 Å². The third kappa shape index (κ3) is 4.62. The molecule has 1 amide bonds. The fourth-order valence-electron chi connectivity index (χ4n) is 3.11. The van der Waals surface area contributed by atoms with Crippen molar-refractivity contribution in [3.63, 3.8) is 0 Å². The van der Waals surface area contributed by atoms with Gasteiger partial charge in [-0.2, -0.15) is 0 Å². The third-order valence-corrected chi connectivity index (χ3v) is 4.95. The summed E-state index contributed by atoms with van der Waals surface area (Å²) in [6.07, 6.45) is 4.42. The Hall–Kier alpha value is -3.22. The molecule has 4 rings (SSSR count). The number of unbranched alkanes of at least 4 members (excludes halogenated alkanes) is 1. The minimum absolute atomic E-state index is 0.301. The highest BCUT2D eigenvalue weighted by atomic mass is 16.5. The second kappa shape index (κ2) is 8.86. The first-order valence-electron chi connectivity index (χ1n) is 10.1. The Bertz CT molecular complexity index is 1000. The molecule has 0 aliphatic carbocycles. The van der Waals surface area contributed by atoms with Gasteiger partial charge in [0.2, 0.25) is 0 Å². The van der Waals surface area contributed by atoms with Gasteiger partial charge in [-0.1, -0.05) is 19.4 Å². The van der Waals surface area contributed by atoms with Gasteiger partial charge in [-0.25, -0.2) is 14.8 Å². The molecule has 0 unspecified atom stereocenters. The number of aromatic nitrogens is 3. The van der Waals surface area contributed by atoms with E-state index >= 15 is 0 Å². The largest absolute Gasteiger partial charge is 0.450 e. The molecule has 1 fully saturated rings. The summed E-state index contributed by atoms with van der Waals surface area (Å²) < 4.78 is 5.11. The lowest BCUT2D eigenvalue weighted by Gasteiger charge is -2.32. The van der Waals surface area contributed by atoms with Crippen molar-refractivity contribution in [2.45, 2.75) is 32.7 Å². The number of alkyl carbamates (subject to hydrolysis) is 1. The summed E-state index contributed by atoms with van der Waals surface area (Å²) in [5.74, 6) is 0.997. The van der Waals surface area contributed by atoms with Crippen molar-refractivity contribution in [2.24, 2.45) is 0 Å². The van der Waals surface area contributed by atoms with Gasteiger partial charge in [0, 0.05) is 24.7 Å². The molecule has 29 heavy (non-hydrogen) atoms. The van der Waals surface area contributed by atoms with Crippen LogP contribution in [0.15, 0.2) is 42.6 Å². The Morgan fingerprint density at radius 2 is 2.03 bits per heavy atom. The molecule has 0 atom stereocenters. The summed E-state index contributed by atoms with van der Waals surface area (Å²) in [5.41, 5.74) is 3.23. The van der Waals surface area contributed by atoms with Crippen LogP contribution >= 0.6 is 0 Å². The predicted molar refractivity (Wildman–Crippen MR) is 113 cm³/mol. The predicted octanol–water partition coefficient (Wildman–Crippen LogP) is 3.93. The first kappa shape index (κ1) is 19.1. The lowest BCUT2D eigenvalue weighted by Crippen LogP contribution is -2.37. The van der Waals surface area contributed by atoms with Gasteiger partial charge in [-0.3, -0.25) is 4.98 Å². The molecule has 3 aromatic rings. The standard InChI is InChI=1S/C22H25N5O2/c1-2-3-12-29-22(28)24-15-17-13-20-16(14-23-17)8-9-19(25-20)18-6-4-7-21(26-18)27-10-5-11-27/h4,6-9,13-14H,2-3,5,10-12,15H2,1H3,(H,24,28). The average molecular weight is 391 g/mol. The Morgan fingerprint density at radius 3 is 2.83 bits per heavy atom. The van der Waals surface area contributed by atoms with Gasteiger partial charge in [-0.15, -0.1) is 0 Å². The molecule has 7 heteroatoms. The monoisotopic (exact) mass is 391 g/mol. The number of amides is 1. The molecule has 150 valence electrons. The van der Waals surface area contributed by atoms with E-state index in [0.717, 1.165) is 59.7 Å². The molecular formula is C22H25N5O2. The van der Waals surface area contributed by atoms with E-state index in [2.05, 4.69) is 22.1 Å². The maximum absolute atomic E-state index is 11.7. The number of anilines is 1. The smallest absolute Gasteiger partial charge is 0.407 e. The molecule has 3 aromatic heterocycles. The van der Waals surface area contributed by atoms with E-state index in [-0.39, 0.29) is 0 Å². The highest BCUT2D eigenvalue weighted by Gasteiger charge is 2.16. The molecule has 1 saturated heterocycles. The average Bonchev–Trinajstić information content (AvgIpc) is 2.71. The van der Waals surface area contributed by atoms with Crippen molar-refractivity contribution >= 4 is 22.8 Å². The Labute approximate surface area is 170 Å². The number of nitrogens with one attached hydrogen (secondary N) is 1. The number of fused-ring (bicyclic) bond motifs is 1. The summed E-state index contributed by atoms with van der Waals surface area (Å²) in [6.45, 7) is 4.91. The van der Waals surface area contributed by atoms with Crippen LogP contribution in [-0.2, 0) is 11.3 Å². The van der Waals surface area contributed by atoms with Crippen molar-refractivity contribution in [1.29, 1.82) is 0 Å². The van der Waals surface area contributed by atoms with Gasteiger partial charge in [-0.05, 0) is 43.2 Å². The molecule has 1 N–H and O–H groups in total. The van der Waals surface area contributed by atoms with Gasteiger partial charge in [0.1, 0.15) is 5.82 Å². The van der Waals surface area contributed by atoms with Crippen LogP contribution in [0.3, 0.4) is 0 Å². The van der Waals surface area contributed by atoms with Crippen molar-refractivity contribution in [3.8, 4) is 11.4 Å². The van der Waals surface area contributed by atoms with Crippen LogP contribution in [0.4, 0.5) is 10.6 Å². The molecule has 0 saturated carbocycles. The number of rotatable bonds is 7. The van der Waals surface area contributed by atoms with Crippen LogP contribution in [0.2, 0.25) is 0 Å². The maximum atomic E-state index is 11.7. The molecule has 1 aliphatic rings. The fraction of sp³-hybridized carbons (Fsp3) is 0.364. The van der Waals surface area contributed by atoms with Crippen LogP contribution in [-0.4, -0.2) is 40.7 Å². The van der Waals surface area contributed by atoms with E-state index in [1.165, 1.54) is 6.42 Å². The maximum Gasteiger partial charge on any atom is 0.407 e. The van der Waals surface area contributed by atoms with Gasteiger partial charge in [0.25, 0.3) is 0 Å². The molecular weight excluding hydrogens is 366 g/mol. The molecule has 0 bridgehead atoms. The minimum atomic E-state index is -0.422. The fourth-order valence-corrected chi connectivity index (χ4v) is 3.11. The number of hydrogen-bond donors (Lipinski definition) is 1. The van der Waals surface area contributed by atoms with Crippen molar-refractivity contribution in [3.05, 3.63) is 48.3 Å².